The molecule has 2 aromatic rings. The maximum atomic E-state index is 11.5. The van der Waals surface area contributed by atoms with Crippen molar-refractivity contribution < 1.29 is 9.90 Å². The van der Waals surface area contributed by atoms with Crippen molar-refractivity contribution in [3.05, 3.63) is 30.1 Å². The Morgan fingerprint density at radius 2 is 2.44 bits per heavy atom. The molecule has 1 fully saturated rings. The fourth-order valence-electron chi connectivity index (χ4n) is 2.35. The van der Waals surface area contributed by atoms with Crippen molar-refractivity contribution in [2.24, 2.45) is 0 Å². The number of β-amino-alcohol motifs (C(OH)–C–C–N with tert-alkyl or cyclic N) is 1. The van der Waals surface area contributed by atoms with Gasteiger partial charge in [0.15, 0.2) is 0 Å². The molecule has 0 saturated carbocycles. The predicted molar refractivity (Wildman–Crippen MR) is 67.0 cm³/mol. The summed E-state index contributed by atoms with van der Waals surface area (Å²) in [6.07, 6.45) is 4.22. The first-order valence-corrected chi connectivity index (χ1v) is 6.10. The van der Waals surface area contributed by atoms with Gasteiger partial charge >= 0.3 is 0 Å². The third kappa shape index (κ3) is 2.09. The maximum absolute atomic E-state index is 11.5. The lowest BCUT2D eigenvalue weighted by atomic mass is 10.2. The van der Waals surface area contributed by atoms with E-state index in [-0.39, 0.29) is 12.3 Å². The van der Waals surface area contributed by atoms with E-state index in [0.29, 0.717) is 13.1 Å². The number of H-pyrrole nitrogens is 1. The highest BCUT2D eigenvalue weighted by atomic mass is 16.3. The average Bonchev–Trinajstić information content (AvgIpc) is 2.92. The van der Waals surface area contributed by atoms with Gasteiger partial charge < -0.3 is 15.0 Å². The number of nitrogens with one attached hydrogen (secondary N) is 1. The van der Waals surface area contributed by atoms with Crippen molar-refractivity contribution in [3.8, 4) is 0 Å². The monoisotopic (exact) mass is 245 g/mol. The van der Waals surface area contributed by atoms with Crippen molar-refractivity contribution in [2.75, 3.05) is 13.1 Å². The number of aliphatic hydroxyl groups excluding tert-OH is 1. The van der Waals surface area contributed by atoms with Crippen molar-refractivity contribution in [1.82, 2.24) is 14.9 Å². The van der Waals surface area contributed by atoms with Crippen LogP contribution in [0.25, 0.3) is 11.0 Å². The molecule has 3 rings (SSSR count). The minimum atomic E-state index is -0.497. The minimum absolute atomic E-state index is 0.0400. The number of amides is 1. The quantitative estimate of drug-likeness (QED) is 0.836. The van der Waals surface area contributed by atoms with Gasteiger partial charge in [-0.05, 0) is 24.1 Å². The molecular weight excluding hydrogens is 230 g/mol. The summed E-state index contributed by atoms with van der Waals surface area (Å²) in [6.45, 7) is 1.10. The van der Waals surface area contributed by atoms with Gasteiger partial charge in [0.25, 0.3) is 0 Å². The Morgan fingerprint density at radius 3 is 3.22 bits per heavy atom. The molecule has 0 spiro atoms. The van der Waals surface area contributed by atoms with Gasteiger partial charge in [0.05, 0.1) is 12.5 Å². The smallest absolute Gasteiger partial charge is 0.225 e. The maximum Gasteiger partial charge on any atom is 0.225 e. The number of aromatic nitrogens is 2. The van der Waals surface area contributed by atoms with Gasteiger partial charge in [0.1, 0.15) is 5.65 Å². The van der Waals surface area contributed by atoms with Crippen LogP contribution in [0.4, 0.5) is 0 Å². The number of likely N-dealkylation sites (tertiary alicyclic amines) is 1. The van der Waals surface area contributed by atoms with Crippen LogP contribution in [-0.4, -0.2) is 45.1 Å². The first-order chi connectivity index (χ1) is 8.72. The largest absolute Gasteiger partial charge is 0.391 e. The fraction of sp³-hybridized carbons (Fsp3) is 0.385. The number of fused-ring (bicyclic) bond motifs is 1. The molecule has 94 valence electrons. The van der Waals surface area contributed by atoms with E-state index in [1.165, 1.54) is 0 Å². The number of carbonyl (C=O) groups excluding carboxylic acids is 1. The van der Waals surface area contributed by atoms with E-state index in [9.17, 15) is 9.90 Å². The van der Waals surface area contributed by atoms with E-state index in [1.807, 2.05) is 18.5 Å². The third-order valence-electron chi connectivity index (χ3n) is 3.32. The molecule has 1 aliphatic heterocycles. The van der Waals surface area contributed by atoms with E-state index in [1.54, 1.807) is 4.90 Å². The topological polar surface area (TPSA) is 69.2 Å². The van der Waals surface area contributed by atoms with Crippen molar-refractivity contribution in [1.29, 1.82) is 0 Å². The Kier molecular flexibility index (Phi) is 2.76. The molecule has 1 atom stereocenters. The molecule has 1 unspecified atom stereocenters. The summed E-state index contributed by atoms with van der Waals surface area (Å²) in [5, 5.41) is 10.5. The standard InChI is InChI=1S/C13H15N3O2/c17-11-6-12(18)16(8-11)4-2-9-5-10-1-3-14-13(10)15-7-9/h1,3,5,7,11,17H,2,4,6,8H2,(H,14,15). The summed E-state index contributed by atoms with van der Waals surface area (Å²) >= 11 is 0. The van der Waals surface area contributed by atoms with Gasteiger partial charge in [-0.25, -0.2) is 4.98 Å². The molecule has 18 heavy (non-hydrogen) atoms. The summed E-state index contributed by atoms with van der Waals surface area (Å²) in [5.74, 6) is 0.0400. The predicted octanol–water partition coefficient (Wildman–Crippen LogP) is 0.699. The summed E-state index contributed by atoms with van der Waals surface area (Å²) < 4.78 is 0. The molecule has 1 amide bonds. The Bertz CT molecular complexity index is 578. The molecule has 0 aromatic carbocycles. The minimum Gasteiger partial charge on any atom is -0.391 e. The summed E-state index contributed by atoms with van der Waals surface area (Å²) in [7, 11) is 0. The lowest BCUT2D eigenvalue weighted by molar-refractivity contribution is -0.127. The van der Waals surface area contributed by atoms with Gasteiger partial charge in [-0.1, -0.05) is 0 Å². The van der Waals surface area contributed by atoms with E-state index in [4.69, 9.17) is 0 Å². The van der Waals surface area contributed by atoms with E-state index < -0.39 is 6.10 Å². The van der Waals surface area contributed by atoms with Gasteiger partial charge in [-0.3, -0.25) is 4.79 Å². The zero-order valence-corrected chi connectivity index (χ0v) is 9.97. The average molecular weight is 245 g/mol. The van der Waals surface area contributed by atoms with Crippen LogP contribution < -0.4 is 0 Å². The molecule has 5 nitrogen and oxygen atoms in total. The Labute approximate surface area is 104 Å². The van der Waals surface area contributed by atoms with E-state index in [0.717, 1.165) is 23.0 Å². The van der Waals surface area contributed by atoms with Crippen molar-refractivity contribution >= 4 is 16.9 Å². The molecule has 5 heteroatoms. The van der Waals surface area contributed by atoms with Gasteiger partial charge in [0, 0.05) is 30.9 Å². The number of aliphatic hydroxyl groups is 1. The molecule has 0 aliphatic carbocycles. The highest BCUT2D eigenvalue weighted by Crippen LogP contribution is 2.14. The normalized spacial score (nSPS) is 19.9. The van der Waals surface area contributed by atoms with Gasteiger partial charge in [0.2, 0.25) is 5.91 Å². The summed E-state index contributed by atoms with van der Waals surface area (Å²) in [6, 6.07) is 4.06. The van der Waals surface area contributed by atoms with Crippen LogP contribution in [0.5, 0.6) is 0 Å². The molecule has 0 radical (unpaired) electrons. The Morgan fingerprint density at radius 1 is 1.56 bits per heavy atom. The first kappa shape index (κ1) is 11.2. The Hall–Kier alpha value is -1.88. The van der Waals surface area contributed by atoms with Crippen LogP contribution in [0.15, 0.2) is 24.5 Å². The highest BCUT2D eigenvalue weighted by molar-refractivity contribution is 5.79. The number of rotatable bonds is 3. The van der Waals surface area contributed by atoms with Crippen LogP contribution in [-0.2, 0) is 11.2 Å². The first-order valence-electron chi connectivity index (χ1n) is 6.10. The highest BCUT2D eigenvalue weighted by Gasteiger charge is 2.27. The number of carbonyl (C=O) groups is 1. The molecule has 2 N–H and O–H groups in total. The number of pyridine rings is 1. The molecule has 2 aromatic heterocycles. The number of aromatic amines is 1. The zero-order chi connectivity index (χ0) is 12.5. The number of hydrogen-bond acceptors (Lipinski definition) is 3. The van der Waals surface area contributed by atoms with Crippen LogP contribution >= 0.6 is 0 Å². The number of nitrogens with zero attached hydrogens (tertiary/aromatic N) is 2. The zero-order valence-electron chi connectivity index (χ0n) is 9.97. The molecule has 0 bridgehead atoms. The van der Waals surface area contributed by atoms with Crippen LogP contribution in [0.3, 0.4) is 0 Å². The lowest BCUT2D eigenvalue weighted by Gasteiger charge is -2.15. The SMILES string of the molecule is O=C1CC(O)CN1CCc1cnc2[nH]ccc2c1. The van der Waals surface area contributed by atoms with Crippen molar-refractivity contribution in [3.63, 3.8) is 0 Å². The molecule has 3 heterocycles. The molecule has 1 saturated heterocycles. The second-order valence-electron chi connectivity index (χ2n) is 4.71. The summed E-state index contributed by atoms with van der Waals surface area (Å²) in [4.78, 5) is 20.6. The Balaban J connectivity index is 1.67. The van der Waals surface area contributed by atoms with Crippen LogP contribution in [0.2, 0.25) is 0 Å². The number of hydrogen-bond donors (Lipinski definition) is 2. The van der Waals surface area contributed by atoms with E-state index >= 15 is 0 Å². The second kappa shape index (κ2) is 4.42. The van der Waals surface area contributed by atoms with E-state index in [2.05, 4.69) is 16.0 Å². The third-order valence-corrected chi connectivity index (χ3v) is 3.32. The van der Waals surface area contributed by atoms with Gasteiger partial charge in [-0.15, -0.1) is 0 Å². The lowest BCUT2D eigenvalue weighted by Crippen LogP contribution is -2.28. The van der Waals surface area contributed by atoms with Crippen LogP contribution in [0.1, 0.15) is 12.0 Å². The van der Waals surface area contributed by atoms with Crippen molar-refractivity contribution in [2.45, 2.75) is 18.9 Å². The second-order valence-corrected chi connectivity index (χ2v) is 4.71. The van der Waals surface area contributed by atoms with Gasteiger partial charge in [-0.2, -0.15) is 0 Å². The molecular formula is C13H15N3O2. The van der Waals surface area contributed by atoms with Crippen LogP contribution in [0, 0.1) is 0 Å². The fourth-order valence-corrected chi connectivity index (χ4v) is 2.35. The summed E-state index contributed by atoms with van der Waals surface area (Å²) in [5.41, 5.74) is 1.99. The molecule has 1 aliphatic rings.